The molecule has 0 radical (unpaired) electrons. The van der Waals surface area contributed by atoms with E-state index in [2.05, 4.69) is 11.4 Å². The van der Waals surface area contributed by atoms with E-state index in [-0.39, 0.29) is 29.8 Å². The van der Waals surface area contributed by atoms with Crippen LogP contribution in [0.25, 0.3) is 0 Å². The van der Waals surface area contributed by atoms with Gasteiger partial charge in [0.1, 0.15) is 0 Å². The highest BCUT2D eigenvalue weighted by molar-refractivity contribution is 5.80. The monoisotopic (exact) mass is 332 g/mol. The summed E-state index contributed by atoms with van der Waals surface area (Å²) in [4.78, 5) is 24.4. The lowest BCUT2D eigenvalue weighted by molar-refractivity contribution is -0.145. The van der Waals surface area contributed by atoms with Crippen LogP contribution in [-0.2, 0) is 20.7 Å². The first kappa shape index (κ1) is 18.5. The van der Waals surface area contributed by atoms with Crippen molar-refractivity contribution in [2.75, 3.05) is 13.7 Å². The molecule has 1 saturated carbocycles. The maximum absolute atomic E-state index is 12.3. The fraction of sp³-hybridized carbons (Fsp3) is 0.579. The predicted molar refractivity (Wildman–Crippen MR) is 93.3 cm³/mol. The molecule has 1 aliphatic rings. The summed E-state index contributed by atoms with van der Waals surface area (Å²) >= 11 is 0. The average Bonchev–Trinajstić information content (AvgIpc) is 2.57. The van der Waals surface area contributed by atoms with E-state index in [1.807, 2.05) is 25.1 Å². The number of hydrogen-bond acceptors (Lipinski definition) is 4. The fourth-order valence-electron chi connectivity index (χ4n) is 3.36. The highest BCUT2D eigenvalue weighted by Crippen LogP contribution is 2.23. The molecule has 3 N–H and O–H groups in total. The molecule has 132 valence electrons. The van der Waals surface area contributed by atoms with Crippen molar-refractivity contribution >= 4 is 11.9 Å². The fourth-order valence-corrected chi connectivity index (χ4v) is 3.36. The van der Waals surface area contributed by atoms with Crippen LogP contribution in [0.2, 0.25) is 0 Å². The number of nitrogens with one attached hydrogen (secondary N) is 1. The van der Waals surface area contributed by atoms with Crippen LogP contribution in [0.3, 0.4) is 0 Å². The minimum Gasteiger partial charge on any atom is -0.469 e. The van der Waals surface area contributed by atoms with Gasteiger partial charge in [0.2, 0.25) is 5.91 Å². The number of carbonyl (C=O) groups excluding carboxylic acids is 2. The summed E-state index contributed by atoms with van der Waals surface area (Å²) in [6.45, 7) is 2.32. The molecule has 2 rings (SSSR count). The Bertz CT molecular complexity index is 573. The third-order valence-electron chi connectivity index (χ3n) is 4.71. The number of carbonyl (C=O) groups is 2. The number of methoxy groups -OCH3 is 1. The molecule has 3 unspecified atom stereocenters. The van der Waals surface area contributed by atoms with E-state index in [1.165, 1.54) is 7.11 Å². The number of amides is 1. The average molecular weight is 332 g/mol. The van der Waals surface area contributed by atoms with E-state index < -0.39 is 0 Å². The molecular weight excluding hydrogens is 304 g/mol. The van der Waals surface area contributed by atoms with Crippen LogP contribution in [0.4, 0.5) is 0 Å². The molecule has 0 bridgehead atoms. The zero-order valence-electron chi connectivity index (χ0n) is 14.6. The van der Waals surface area contributed by atoms with Crippen molar-refractivity contribution < 1.29 is 14.3 Å². The van der Waals surface area contributed by atoms with Crippen LogP contribution < -0.4 is 11.1 Å². The number of ether oxygens (including phenoxy) is 1. The molecule has 5 heteroatoms. The molecule has 1 amide bonds. The van der Waals surface area contributed by atoms with Gasteiger partial charge in [0.25, 0.3) is 0 Å². The summed E-state index contributed by atoms with van der Waals surface area (Å²) in [6, 6.07) is 8.15. The number of esters is 1. The van der Waals surface area contributed by atoms with Crippen molar-refractivity contribution in [1.29, 1.82) is 0 Å². The van der Waals surface area contributed by atoms with Crippen LogP contribution in [0.1, 0.15) is 36.8 Å². The number of benzene rings is 1. The van der Waals surface area contributed by atoms with Gasteiger partial charge in [-0.2, -0.15) is 0 Å². The summed E-state index contributed by atoms with van der Waals surface area (Å²) in [5, 5.41) is 2.93. The van der Waals surface area contributed by atoms with Gasteiger partial charge in [-0.1, -0.05) is 36.2 Å². The van der Waals surface area contributed by atoms with Crippen molar-refractivity contribution in [3.05, 3.63) is 35.4 Å². The third kappa shape index (κ3) is 5.34. The number of nitrogens with two attached hydrogens (primary N) is 1. The Morgan fingerprint density at radius 1 is 1.38 bits per heavy atom. The normalized spacial score (nSPS) is 21.8. The van der Waals surface area contributed by atoms with E-state index in [4.69, 9.17) is 10.5 Å². The largest absolute Gasteiger partial charge is 0.469 e. The highest BCUT2D eigenvalue weighted by atomic mass is 16.5. The van der Waals surface area contributed by atoms with Gasteiger partial charge in [-0.05, 0) is 38.2 Å². The molecule has 5 nitrogen and oxygen atoms in total. The Balaban J connectivity index is 1.93. The number of rotatable bonds is 6. The summed E-state index contributed by atoms with van der Waals surface area (Å²) < 4.78 is 4.90. The molecule has 24 heavy (non-hydrogen) atoms. The maximum Gasteiger partial charge on any atom is 0.310 e. The van der Waals surface area contributed by atoms with Crippen molar-refractivity contribution in [2.24, 2.45) is 17.6 Å². The topological polar surface area (TPSA) is 81.4 Å². The first-order valence-electron chi connectivity index (χ1n) is 8.66. The SMILES string of the molecule is COC(=O)C(CNC(=O)C1CCCC(N)C1)Cc1cccc(C)c1. The van der Waals surface area contributed by atoms with Gasteiger partial charge in [0.15, 0.2) is 0 Å². The Kier molecular flexibility index (Phi) is 6.79. The van der Waals surface area contributed by atoms with Gasteiger partial charge in [-0.15, -0.1) is 0 Å². The second-order valence-electron chi connectivity index (χ2n) is 6.78. The van der Waals surface area contributed by atoms with Gasteiger partial charge in [-0.25, -0.2) is 0 Å². The zero-order valence-corrected chi connectivity index (χ0v) is 14.6. The minimum atomic E-state index is -0.377. The minimum absolute atomic E-state index is 0.00305. The first-order valence-corrected chi connectivity index (χ1v) is 8.66. The van der Waals surface area contributed by atoms with E-state index in [0.29, 0.717) is 13.0 Å². The van der Waals surface area contributed by atoms with Gasteiger partial charge < -0.3 is 15.8 Å². The molecule has 1 aromatic rings. The molecule has 0 spiro atoms. The summed E-state index contributed by atoms with van der Waals surface area (Å²) in [6.07, 6.45) is 4.14. The van der Waals surface area contributed by atoms with Gasteiger partial charge in [0, 0.05) is 18.5 Å². The van der Waals surface area contributed by atoms with E-state index >= 15 is 0 Å². The summed E-state index contributed by atoms with van der Waals surface area (Å²) in [7, 11) is 1.38. The van der Waals surface area contributed by atoms with Gasteiger partial charge in [-0.3, -0.25) is 9.59 Å². The van der Waals surface area contributed by atoms with Crippen molar-refractivity contribution in [2.45, 2.75) is 45.1 Å². The van der Waals surface area contributed by atoms with E-state index in [9.17, 15) is 9.59 Å². The summed E-state index contributed by atoms with van der Waals surface area (Å²) in [5.74, 6) is -0.704. The molecular formula is C19H28N2O3. The lowest BCUT2D eigenvalue weighted by atomic mass is 9.85. The van der Waals surface area contributed by atoms with Crippen molar-refractivity contribution in [3.63, 3.8) is 0 Å². The molecule has 0 aromatic heterocycles. The van der Waals surface area contributed by atoms with Crippen LogP contribution >= 0.6 is 0 Å². The molecule has 1 aromatic carbocycles. The van der Waals surface area contributed by atoms with Crippen LogP contribution in [0, 0.1) is 18.8 Å². The zero-order chi connectivity index (χ0) is 17.5. The van der Waals surface area contributed by atoms with Crippen LogP contribution in [0.15, 0.2) is 24.3 Å². The van der Waals surface area contributed by atoms with Gasteiger partial charge in [0.05, 0.1) is 13.0 Å². The van der Waals surface area contributed by atoms with E-state index in [0.717, 1.165) is 36.8 Å². The second-order valence-corrected chi connectivity index (χ2v) is 6.78. The van der Waals surface area contributed by atoms with Crippen LogP contribution in [-0.4, -0.2) is 31.6 Å². The Labute approximate surface area is 143 Å². The number of aryl methyl sites for hydroxylation is 1. The van der Waals surface area contributed by atoms with Crippen LogP contribution in [0.5, 0.6) is 0 Å². The molecule has 0 saturated heterocycles. The Morgan fingerprint density at radius 2 is 2.17 bits per heavy atom. The lowest BCUT2D eigenvalue weighted by Gasteiger charge is -2.26. The molecule has 0 heterocycles. The standard InChI is InChI=1S/C19H28N2O3/c1-13-5-3-6-14(9-13)10-16(19(23)24-2)12-21-18(22)15-7-4-8-17(20)11-15/h3,5-6,9,15-17H,4,7-8,10-12,20H2,1-2H3,(H,21,22). The first-order chi connectivity index (χ1) is 11.5. The summed E-state index contributed by atoms with van der Waals surface area (Å²) in [5.41, 5.74) is 8.17. The van der Waals surface area contributed by atoms with Gasteiger partial charge >= 0.3 is 5.97 Å². The predicted octanol–water partition coefficient (Wildman–Crippen LogP) is 1.96. The maximum atomic E-state index is 12.3. The molecule has 3 atom stereocenters. The molecule has 1 aliphatic carbocycles. The second kappa shape index (κ2) is 8.83. The molecule has 1 fully saturated rings. The van der Waals surface area contributed by atoms with Crippen molar-refractivity contribution in [1.82, 2.24) is 5.32 Å². The van der Waals surface area contributed by atoms with Crippen molar-refractivity contribution in [3.8, 4) is 0 Å². The highest BCUT2D eigenvalue weighted by Gasteiger charge is 2.27. The quantitative estimate of drug-likeness (QED) is 0.780. The number of hydrogen-bond donors (Lipinski definition) is 2. The smallest absolute Gasteiger partial charge is 0.310 e. The Hall–Kier alpha value is -1.88. The third-order valence-corrected chi connectivity index (χ3v) is 4.71. The van der Waals surface area contributed by atoms with E-state index in [1.54, 1.807) is 0 Å². The lowest BCUT2D eigenvalue weighted by Crippen LogP contribution is -2.41. The Morgan fingerprint density at radius 3 is 2.83 bits per heavy atom. The molecule has 0 aliphatic heterocycles.